The number of furan rings is 1. The van der Waals surface area contributed by atoms with Crippen molar-refractivity contribution < 1.29 is 22.4 Å². The molecule has 0 aliphatic carbocycles. The van der Waals surface area contributed by atoms with Gasteiger partial charge in [-0.1, -0.05) is 0 Å². The van der Waals surface area contributed by atoms with Crippen molar-refractivity contribution in [2.45, 2.75) is 13.1 Å². The summed E-state index contributed by atoms with van der Waals surface area (Å²) in [6.07, 6.45) is -4.41. The van der Waals surface area contributed by atoms with Crippen LogP contribution in [0, 0.1) is 6.92 Å². The number of halogens is 3. The summed E-state index contributed by atoms with van der Waals surface area (Å²) < 4.78 is 39.9. The second-order valence-electron chi connectivity index (χ2n) is 2.71. The molecule has 1 rings (SSSR count). The van der Waals surface area contributed by atoms with Crippen molar-refractivity contribution in [3.8, 4) is 0 Å². The van der Waals surface area contributed by atoms with E-state index in [2.05, 4.69) is 0 Å². The fourth-order valence-corrected chi connectivity index (χ4v) is 0.824. The summed E-state index contributed by atoms with van der Waals surface area (Å²) in [5.41, 5.74) is 0. The molecule has 14 heavy (non-hydrogen) atoms. The van der Waals surface area contributed by atoms with Crippen molar-refractivity contribution in [1.29, 1.82) is 0 Å². The predicted octanol–water partition coefficient (Wildman–Crippen LogP) is 1.88. The highest BCUT2D eigenvalue weighted by Crippen LogP contribution is 2.13. The molecule has 0 saturated carbocycles. The van der Waals surface area contributed by atoms with E-state index in [1.165, 1.54) is 12.1 Å². The number of aryl methyl sites for hydroxylation is 1. The fourth-order valence-electron chi connectivity index (χ4n) is 0.824. The Morgan fingerprint density at radius 3 is 2.57 bits per heavy atom. The van der Waals surface area contributed by atoms with Gasteiger partial charge in [0, 0.05) is 0 Å². The van der Waals surface area contributed by atoms with Crippen LogP contribution in [-0.4, -0.2) is 18.6 Å². The zero-order valence-corrected chi connectivity index (χ0v) is 7.31. The van der Waals surface area contributed by atoms with Crippen LogP contribution in [0.1, 0.15) is 16.3 Å². The maximum Gasteiger partial charge on any atom is 0.405 e. The summed E-state index contributed by atoms with van der Waals surface area (Å²) in [6.45, 7) is 0.242. The summed E-state index contributed by atoms with van der Waals surface area (Å²) in [5.74, 6) is -0.510. The highest BCUT2D eigenvalue weighted by atomic mass is 19.4. The van der Waals surface area contributed by atoms with Gasteiger partial charge in [0.15, 0.2) is 5.76 Å². The number of amides is 1. The quantitative estimate of drug-likeness (QED) is 0.804. The minimum Gasteiger partial charge on any atom is -0.456 e. The van der Waals surface area contributed by atoms with Crippen molar-refractivity contribution in [3.05, 3.63) is 23.7 Å². The van der Waals surface area contributed by atoms with Crippen LogP contribution in [0.5, 0.6) is 0 Å². The van der Waals surface area contributed by atoms with E-state index in [0.717, 1.165) is 0 Å². The molecule has 78 valence electrons. The van der Waals surface area contributed by atoms with Crippen molar-refractivity contribution in [3.63, 3.8) is 0 Å². The first-order valence-electron chi connectivity index (χ1n) is 3.80. The average Bonchev–Trinajstić information content (AvgIpc) is 2.46. The van der Waals surface area contributed by atoms with Crippen molar-refractivity contribution in [2.75, 3.05) is 6.54 Å². The third-order valence-corrected chi connectivity index (χ3v) is 1.41. The predicted molar refractivity (Wildman–Crippen MR) is 41.8 cm³/mol. The molecule has 0 saturated heterocycles. The molecule has 1 aromatic rings. The van der Waals surface area contributed by atoms with Crippen LogP contribution in [0.3, 0.4) is 0 Å². The van der Waals surface area contributed by atoms with E-state index >= 15 is 0 Å². The Labute approximate surface area is 77.9 Å². The molecule has 0 aliphatic heterocycles. The Hall–Kier alpha value is -1.46. The minimum absolute atomic E-state index is 0.119. The lowest BCUT2D eigenvalue weighted by molar-refractivity contribution is -0.123. The van der Waals surface area contributed by atoms with Gasteiger partial charge in [-0.25, -0.2) is 0 Å². The zero-order valence-electron chi connectivity index (χ0n) is 7.31. The maximum absolute atomic E-state index is 11.7. The number of hydrogen-bond acceptors (Lipinski definition) is 2. The monoisotopic (exact) mass is 207 g/mol. The Kier molecular flexibility index (Phi) is 2.83. The molecule has 0 aromatic carbocycles. The molecule has 0 unspecified atom stereocenters. The van der Waals surface area contributed by atoms with E-state index in [9.17, 15) is 18.0 Å². The van der Waals surface area contributed by atoms with Crippen molar-refractivity contribution >= 4 is 5.91 Å². The number of hydrogen-bond donors (Lipinski definition) is 1. The molecular weight excluding hydrogens is 199 g/mol. The summed E-state index contributed by atoms with van der Waals surface area (Å²) in [6, 6.07) is 2.82. The van der Waals surface area contributed by atoms with Gasteiger partial charge in [-0.3, -0.25) is 4.79 Å². The number of rotatable bonds is 2. The smallest absolute Gasteiger partial charge is 0.405 e. The van der Waals surface area contributed by atoms with Crippen LogP contribution in [-0.2, 0) is 0 Å². The summed E-state index contributed by atoms with van der Waals surface area (Å²) in [5, 5.41) is 1.69. The Bertz CT molecular complexity index is 330. The second kappa shape index (κ2) is 3.73. The van der Waals surface area contributed by atoms with Crippen molar-refractivity contribution in [1.82, 2.24) is 5.32 Å². The van der Waals surface area contributed by atoms with E-state index < -0.39 is 18.6 Å². The van der Waals surface area contributed by atoms with Crippen LogP contribution < -0.4 is 5.32 Å². The lowest BCUT2D eigenvalue weighted by Crippen LogP contribution is -2.33. The van der Waals surface area contributed by atoms with E-state index in [4.69, 9.17) is 4.42 Å². The topological polar surface area (TPSA) is 42.2 Å². The number of carbonyl (C=O) groups is 1. The molecule has 1 heterocycles. The molecule has 6 heteroatoms. The molecule has 1 N–H and O–H groups in total. The molecule has 0 bridgehead atoms. The van der Waals surface area contributed by atoms with Gasteiger partial charge in [-0.2, -0.15) is 13.2 Å². The zero-order chi connectivity index (χ0) is 10.8. The first-order valence-corrected chi connectivity index (χ1v) is 3.80. The van der Waals surface area contributed by atoms with Gasteiger partial charge in [0.25, 0.3) is 5.91 Å². The summed E-state index contributed by atoms with van der Waals surface area (Å²) >= 11 is 0. The number of carbonyl (C=O) groups excluding carboxylic acids is 1. The van der Waals surface area contributed by atoms with Crippen LogP contribution >= 0.6 is 0 Å². The Morgan fingerprint density at radius 1 is 1.50 bits per heavy atom. The van der Waals surface area contributed by atoms with Gasteiger partial charge >= 0.3 is 6.18 Å². The van der Waals surface area contributed by atoms with Gasteiger partial charge in [0.2, 0.25) is 0 Å². The van der Waals surface area contributed by atoms with Crippen LogP contribution in [0.15, 0.2) is 16.5 Å². The summed E-state index contributed by atoms with van der Waals surface area (Å²) in [4.78, 5) is 11.0. The molecule has 0 fully saturated rings. The van der Waals surface area contributed by atoms with E-state index in [1.54, 1.807) is 12.2 Å². The van der Waals surface area contributed by atoms with Crippen LogP contribution in [0.25, 0.3) is 0 Å². The maximum atomic E-state index is 11.7. The van der Waals surface area contributed by atoms with Gasteiger partial charge in [-0.15, -0.1) is 0 Å². The van der Waals surface area contributed by atoms with Crippen LogP contribution in [0.4, 0.5) is 13.2 Å². The third-order valence-electron chi connectivity index (χ3n) is 1.41. The first-order chi connectivity index (χ1) is 6.38. The Morgan fingerprint density at radius 2 is 2.14 bits per heavy atom. The summed E-state index contributed by atoms with van der Waals surface area (Å²) in [7, 11) is 0. The SMILES string of the molecule is Cc1ccc(C(=O)NCC(F)(F)F)o1. The van der Waals surface area contributed by atoms with Crippen molar-refractivity contribution in [2.24, 2.45) is 0 Å². The standard InChI is InChI=1S/C8H8F3NO2/c1-5-2-3-6(14-5)7(13)12-4-8(9,10)11/h2-3H,4H2,1H3,(H,12,13). The first kappa shape index (κ1) is 10.6. The molecule has 3 nitrogen and oxygen atoms in total. The second-order valence-corrected chi connectivity index (χ2v) is 2.71. The highest BCUT2D eigenvalue weighted by Gasteiger charge is 2.28. The molecule has 0 atom stereocenters. The lowest BCUT2D eigenvalue weighted by Gasteiger charge is -2.06. The van der Waals surface area contributed by atoms with Gasteiger partial charge in [-0.05, 0) is 19.1 Å². The average molecular weight is 207 g/mol. The van der Waals surface area contributed by atoms with Gasteiger partial charge in [0.1, 0.15) is 12.3 Å². The van der Waals surface area contributed by atoms with E-state index in [0.29, 0.717) is 5.76 Å². The molecule has 1 aromatic heterocycles. The van der Waals surface area contributed by atoms with Gasteiger partial charge < -0.3 is 9.73 Å². The molecule has 0 aliphatic rings. The number of nitrogens with one attached hydrogen (secondary N) is 1. The largest absolute Gasteiger partial charge is 0.456 e. The third kappa shape index (κ3) is 3.12. The molecule has 1 amide bonds. The normalized spacial score (nSPS) is 11.4. The molecule has 0 spiro atoms. The lowest BCUT2D eigenvalue weighted by atomic mass is 10.4. The van der Waals surface area contributed by atoms with Gasteiger partial charge in [0.05, 0.1) is 0 Å². The Balaban J connectivity index is 2.52. The van der Waals surface area contributed by atoms with Crippen LogP contribution in [0.2, 0.25) is 0 Å². The number of alkyl halides is 3. The fraction of sp³-hybridized carbons (Fsp3) is 0.375. The molecular formula is C8H8F3NO2. The highest BCUT2D eigenvalue weighted by molar-refractivity contribution is 5.91. The minimum atomic E-state index is -4.41. The molecule has 0 radical (unpaired) electrons. The van der Waals surface area contributed by atoms with E-state index in [1.807, 2.05) is 0 Å². The van der Waals surface area contributed by atoms with E-state index in [-0.39, 0.29) is 5.76 Å².